The summed E-state index contributed by atoms with van der Waals surface area (Å²) in [6.45, 7) is 4.00. The topological polar surface area (TPSA) is 116 Å². The summed E-state index contributed by atoms with van der Waals surface area (Å²) in [7, 11) is 0. The minimum atomic E-state index is -0.991. The van der Waals surface area contributed by atoms with E-state index in [1.54, 1.807) is 12.1 Å². The van der Waals surface area contributed by atoms with E-state index in [-0.39, 0.29) is 6.54 Å². The molecule has 2 aromatic rings. The predicted molar refractivity (Wildman–Crippen MR) is 118 cm³/mol. The van der Waals surface area contributed by atoms with Crippen molar-refractivity contribution in [3.8, 4) is 11.1 Å². The first-order valence-electron chi connectivity index (χ1n) is 10.4. The summed E-state index contributed by atoms with van der Waals surface area (Å²) in [5.74, 6) is -1.18. The van der Waals surface area contributed by atoms with E-state index in [0.717, 1.165) is 24.2 Å². The quantitative estimate of drug-likeness (QED) is 0.209. The molecule has 7 heteroatoms. The third kappa shape index (κ3) is 7.26. The van der Waals surface area contributed by atoms with E-state index < -0.39 is 17.9 Å². The number of nitrogens with one attached hydrogen (secondary N) is 3. The van der Waals surface area contributed by atoms with Crippen LogP contribution < -0.4 is 21.8 Å². The van der Waals surface area contributed by atoms with Crippen LogP contribution in [-0.4, -0.2) is 36.2 Å². The molecule has 30 heavy (non-hydrogen) atoms. The normalized spacial score (nSPS) is 11.7. The Kier molecular flexibility index (Phi) is 10.00. The molecule has 2 amide bonds. The molecule has 0 aliphatic heterocycles. The second kappa shape index (κ2) is 12.7. The zero-order valence-corrected chi connectivity index (χ0v) is 17.5. The van der Waals surface area contributed by atoms with Gasteiger partial charge in [0, 0.05) is 18.7 Å². The molecule has 0 heterocycles. The van der Waals surface area contributed by atoms with Gasteiger partial charge in [-0.3, -0.25) is 14.8 Å². The lowest BCUT2D eigenvalue weighted by atomic mass is 10.0. The molecule has 0 bridgehead atoms. The van der Waals surface area contributed by atoms with Gasteiger partial charge in [0.2, 0.25) is 0 Å². The molecule has 7 nitrogen and oxygen atoms in total. The summed E-state index contributed by atoms with van der Waals surface area (Å²) < 4.78 is 0. The molecule has 0 saturated carbocycles. The first-order valence-corrected chi connectivity index (χ1v) is 10.4. The fraction of sp³-hybridized carbons (Fsp3) is 0.391. The average molecular weight is 413 g/mol. The Labute approximate surface area is 178 Å². The molecule has 0 aliphatic rings. The van der Waals surface area contributed by atoms with Gasteiger partial charge in [0.25, 0.3) is 11.8 Å². The van der Waals surface area contributed by atoms with Crippen molar-refractivity contribution in [2.45, 2.75) is 45.2 Å². The van der Waals surface area contributed by atoms with E-state index in [2.05, 4.69) is 41.8 Å². The van der Waals surface area contributed by atoms with Crippen LogP contribution in [0.15, 0.2) is 48.5 Å². The van der Waals surface area contributed by atoms with Crippen molar-refractivity contribution in [1.82, 2.24) is 16.1 Å². The number of hydrogen-bond donors (Lipinski definition) is 5. The Morgan fingerprint density at radius 2 is 1.60 bits per heavy atom. The minimum Gasteiger partial charge on any atom is -0.339 e. The fourth-order valence-corrected chi connectivity index (χ4v) is 3.09. The summed E-state index contributed by atoms with van der Waals surface area (Å²) in [5.41, 5.74) is 10.7. The van der Waals surface area contributed by atoms with Gasteiger partial charge in [-0.1, -0.05) is 62.6 Å². The van der Waals surface area contributed by atoms with Crippen molar-refractivity contribution < 1.29 is 14.8 Å². The Morgan fingerprint density at radius 1 is 0.967 bits per heavy atom. The summed E-state index contributed by atoms with van der Waals surface area (Å²) in [6, 6.07) is 14.5. The molecule has 0 saturated heterocycles. The number of unbranched alkanes of at least 4 members (excludes halogenated alkanes) is 3. The Bertz CT molecular complexity index is 791. The standard InChI is InChI=1S/C23H32N4O3/c1-2-3-4-5-14-25-16-17-6-8-18(9-7-17)19-10-12-20(13-11-19)22(28)26-21(15-24)23(29)27-30/h6-13,21,25,30H,2-5,14-16,24H2,1H3,(H,26,28)(H,27,29)/t21-/m0/s1. The smallest absolute Gasteiger partial charge is 0.267 e. The maximum Gasteiger partial charge on any atom is 0.267 e. The maximum atomic E-state index is 12.3. The van der Waals surface area contributed by atoms with Gasteiger partial charge in [0.15, 0.2) is 0 Å². The molecule has 6 N–H and O–H groups in total. The number of benzene rings is 2. The molecule has 0 fully saturated rings. The van der Waals surface area contributed by atoms with Crippen LogP contribution in [0.5, 0.6) is 0 Å². The van der Waals surface area contributed by atoms with Crippen LogP contribution in [-0.2, 0) is 11.3 Å². The highest BCUT2D eigenvalue weighted by Gasteiger charge is 2.19. The van der Waals surface area contributed by atoms with Crippen molar-refractivity contribution in [2.24, 2.45) is 5.73 Å². The first-order chi connectivity index (χ1) is 14.6. The van der Waals surface area contributed by atoms with Crippen LogP contribution in [0, 0.1) is 0 Å². The van der Waals surface area contributed by atoms with Crippen molar-refractivity contribution in [2.75, 3.05) is 13.1 Å². The van der Waals surface area contributed by atoms with Crippen LogP contribution in [0.4, 0.5) is 0 Å². The maximum absolute atomic E-state index is 12.3. The van der Waals surface area contributed by atoms with Gasteiger partial charge < -0.3 is 16.4 Å². The summed E-state index contributed by atoms with van der Waals surface area (Å²) in [6.07, 6.45) is 5.03. The second-order valence-electron chi connectivity index (χ2n) is 7.25. The van der Waals surface area contributed by atoms with Gasteiger partial charge in [-0.2, -0.15) is 0 Å². The van der Waals surface area contributed by atoms with E-state index in [0.29, 0.717) is 5.56 Å². The monoisotopic (exact) mass is 412 g/mol. The van der Waals surface area contributed by atoms with Crippen molar-refractivity contribution in [3.05, 3.63) is 59.7 Å². The number of carbonyl (C=O) groups excluding carboxylic acids is 2. The van der Waals surface area contributed by atoms with Gasteiger partial charge >= 0.3 is 0 Å². The van der Waals surface area contributed by atoms with Gasteiger partial charge in [0.1, 0.15) is 6.04 Å². The van der Waals surface area contributed by atoms with Crippen LogP contribution >= 0.6 is 0 Å². The molecular weight excluding hydrogens is 380 g/mol. The van der Waals surface area contributed by atoms with E-state index in [9.17, 15) is 9.59 Å². The number of rotatable bonds is 12. The highest BCUT2D eigenvalue weighted by molar-refractivity contribution is 5.97. The van der Waals surface area contributed by atoms with E-state index in [4.69, 9.17) is 10.9 Å². The van der Waals surface area contributed by atoms with Gasteiger partial charge in [-0.05, 0) is 41.8 Å². The van der Waals surface area contributed by atoms with E-state index in [1.807, 2.05) is 12.1 Å². The molecule has 162 valence electrons. The Morgan fingerprint density at radius 3 is 2.17 bits per heavy atom. The van der Waals surface area contributed by atoms with E-state index in [1.165, 1.54) is 36.7 Å². The molecule has 2 rings (SSSR count). The summed E-state index contributed by atoms with van der Waals surface area (Å²) in [4.78, 5) is 23.7. The largest absolute Gasteiger partial charge is 0.339 e. The van der Waals surface area contributed by atoms with Crippen molar-refractivity contribution in [3.63, 3.8) is 0 Å². The lowest BCUT2D eigenvalue weighted by Gasteiger charge is -2.14. The SMILES string of the molecule is CCCCCCNCc1ccc(-c2ccc(C(=O)N[C@@H](CN)C(=O)NO)cc2)cc1. The fourth-order valence-electron chi connectivity index (χ4n) is 3.09. The molecule has 0 aromatic heterocycles. The summed E-state index contributed by atoms with van der Waals surface area (Å²) >= 11 is 0. The Balaban J connectivity index is 1.89. The van der Waals surface area contributed by atoms with Crippen molar-refractivity contribution >= 4 is 11.8 Å². The molecule has 1 atom stereocenters. The van der Waals surface area contributed by atoms with Crippen LogP contribution in [0.1, 0.15) is 48.5 Å². The van der Waals surface area contributed by atoms with Crippen LogP contribution in [0.2, 0.25) is 0 Å². The number of hydroxylamine groups is 1. The lowest BCUT2D eigenvalue weighted by Crippen LogP contribution is -2.50. The second-order valence-corrected chi connectivity index (χ2v) is 7.25. The van der Waals surface area contributed by atoms with Gasteiger partial charge in [-0.25, -0.2) is 5.48 Å². The van der Waals surface area contributed by atoms with Crippen LogP contribution in [0.3, 0.4) is 0 Å². The highest BCUT2D eigenvalue weighted by atomic mass is 16.5. The lowest BCUT2D eigenvalue weighted by molar-refractivity contribution is -0.130. The average Bonchev–Trinajstić information content (AvgIpc) is 2.79. The zero-order chi connectivity index (χ0) is 21.8. The highest BCUT2D eigenvalue weighted by Crippen LogP contribution is 2.20. The van der Waals surface area contributed by atoms with Crippen molar-refractivity contribution in [1.29, 1.82) is 0 Å². The molecule has 0 spiro atoms. The van der Waals surface area contributed by atoms with Gasteiger partial charge in [0.05, 0.1) is 0 Å². The summed E-state index contributed by atoms with van der Waals surface area (Å²) in [5, 5.41) is 14.7. The first kappa shape index (κ1) is 23.5. The Hall–Kier alpha value is -2.74. The van der Waals surface area contributed by atoms with E-state index >= 15 is 0 Å². The molecule has 0 aliphatic carbocycles. The predicted octanol–water partition coefficient (Wildman–Crippen LogP) is 2.59. The number of amides is 2. The molecule has 2 aromatic carbocycles. The number of nitrogens with two attached hydrogens (primary N) is 1. The number of hydrogen-bond acceptors (Lipinski definition) is 5. The molecular formula is C23H32N4O3. The molecule has 0 unspecified atom stereocenters. The van der Waals surface area contributed by atoms with Gasteiger partial charge in [-0.15, -0.1) is 0 Å². The third-order valence-electron chi connectivity index (χ3n) is 4.94. The third-order valence-corrected chi connectivity index (χ3v) is 4.94. The minimum absolute atomic E-state index is 0.115. The zero-order valence-electron chi connectivity index (χ0n) is 17.5. The van der Waals surface area contributed by atoms with Crippen LogP contribution in [0.25, 0.3) is 11.1 Å². The number of carbonyl (C=O) groups is 2. The molecule has 0 radical (unpaired) electrons.